The Morgan fingerprint density at radius 2 is 2.00 bits per heavy atom. The van der Waals surface area contributed by atoms with Crippen molar-refractivity contribution in [2.24, 2.45) is 0 Å². The minimum Gasteiger partial charge on any atom is -0.494 e. The van der Waals surface area contributed by atoms with Gasteiger partial charge >= 0.3 is 0 Å². The van der Waals surface area contributed by atoms with Crippen LogP contribution in [0.2, 0.25) is 0 Å². The molecule has 2 aromatic heterocycles. The highest BCUT2D eigenvalue weighted by molar-refractivity contribution is 5.99. The van der Waals surface area contributed by atoms with Crippen LogP contribution in [-0.2, 0) is 16.6 Å². The van der Waals surface area contributed by atoms with E-state index in [9.17, 15) is 4.79 Å². The number of morpholine rings is 1. The fourth-order valence-electron chi connectivity index (χ4n) is 4.64. The molecule has 3 aromatic rings. The Morgan fingerprint density at radius 1 is 1.18 bits per heavy atom. The van der Waals surface area contributed by atoms with Crippen molar-refractivity contribution in [2.75, 3.05) is 38.7 Å². The summed E-state index contributed by atoms with van der Waals surface area (Å²) in [7, 11) is 1.56. The predicted molar refractivity (Wildman–Crippen MR) is 130 cm³/mol. The van der Waals surface area contributed by atoms with Crippen LogP contribution in [0.1, 0.15) is 41.9 Å². The molecule has 1 N–H and O–H groups in total. The highest BCUT2D eigenvalue weighted by Crippen LogP contribution is 2.39. The number of hydrogen-bond donors (Lipinski definition) is 1. The molecule has 8 heteroatoms. The second-order valence-corrected chi connectivity index (χ2v) is 9.28. The standard InChI is InChI=1S/C26H29N5O3/c1-26(2)9-7-21-19(26)15-17(16-28-21)20-8-10-27-25(29-20)30-22-6-4-5-18(23(22)33-3)24(32)31-11-13-34-14-12-31/h4-6,8,10,15-16H,7,9,11-14H2,1-3H3,(H,27,29,30). The Labute approximate surface area is 199 Å². The van der Waals surface area contributed by atoms with Gasteiger partial charge in [0.2, 0.25) is 5.95 Å². The molecule has 1 fully saturated rings. The van der Waals surface area contributed by atoms with Gasteiger partial charge in [0.05, 0.1) is 37.3 Å². The molecule has 0 radical (unpaired) electrons. The average Bonchev–Trinajstić information content (AvgIpc) is 3.18. The molecule has 1 aromatic carbocycles. The summed E-state index contributed by atoms with van der Waals surface area (Å²) in [5.74, 6) is 0.811. The molecule has 0 atom stereocenters. The third kappa shape index (κ3) is 4.21. The van der Waals surface area contributed by atoms with E-state index < -0.39 is 0 Å². The first-order chi connectivity index (χ1) is 16.5. The van der Waals surface area contributed by atoms with E-state index in [4.69, 9.17) is 19.4 Å². The summed E-state index contributed by atoms with van der Waals surface area (Å²) in [6, 6.07) is 9.53. The molecule has 1 amide bonds. The lowest BCUT2D eigenvalue weighted by Crippen LogP contribution is -2.40. The first-order valence-electron chi connectivity index (χ1n) is 11.6. The Kier molecular flexibility index (Phi) is 5.91. The molecule has 8 nitrogen and oxygen atoms in total. The molecular weight excluding hydrogens is 430 g/mol. The predicted octanol–water partition coefficient (Wildman–Crippen LogP) is 3.99. The smallest absolute Gasteiger partial charge is 0.257 e. The number of aryl methyl sites for hydroxylation is 1. The molecule has 34 heavy (non-hydrogen) atoms. The molecule has 1 aliphatic heterocycles. The van der Waals surface area contributed by atoms with Crippen molar-refractivity contribution in [1.29, 1.82) is 0 Å². The van der Waals surface area contributed by atoms with Gasteiger partial charge in [-0.05, 0) is 48.1 Å². The number of nitrogens with one attached hydrogen (secondary N) is 1. The number of aromatic nitrogens is 3. The first kappa shape index (κ1) is 22.3. The molecule has 5 rings (SSSR count). The maximum absolute atomic E-state index is 13.1. The van der Waals surface area contributed by atoms with Crippen molar-refractivity contribution >= 4 is 17.5 Å². The van der Waals surface area contributed by atoms with Gasteiger partial charge in [0, 0.05) is 36.7 Å². The number of benzene rings is 1. The fraction of sp³-hybridized carbons (Fsp3) is 0.385. The number of para-hydroxylation sites is 1. The van der Waals surface area contributed by atoms with Crippen molar-refractivity contribution in [2.45, 2.75) is 32.1 Å². The molecule has 3 heterocycles. The monoisotopic (exact) mass is 459 g/mol. The van der Waals surface area contributed by atoms with Gasteiger partial charge in [-0.25, -0.2) is 9.97 Å². The van der Waals surface area contributed by atoms with E-state index in [-0.39, 0.29) is 11.3 Å². The van der Waals surface area contributed by atoms with E-state index in [1.54, 1.807) is 24.3 Å². The zero-order valence-electron chi connectivity index (χ0n) is 19.8. The van der Waals surface area contributed by atoms with E-state index in [1.165, 1.54) is 11.3 Å². The van der Waals surface area contributed by atoms with E-state index in [0.29, 0.717) is 49.3 Å². The highest BCUT2D eigenvalue weighted by atomic mass is 16.5. The zero-order chi connectivity index (χ0) is 23.7. The van der Waals surface area contributed by atoms with Gasteiger partial charge in [0.25, 0.3) is 5.91 Å². The number of anilines is 2. The molecule has 1 aliphatic carbocycles. The van der Waals surface area contributed by atoms with Gasteiger partial charge < -0.3 is 19.7 Å². The molecule has 1 saturated heterocycles. The summed E-state index contributed by atoms with van der Waals surface area (Å²) < 4.78 is 11.0. The number of pyridine rings is 1. The molecule has 0 spiro atoms. The topological polar surface area (TPSA) is 89.5 Å². The minimum atomic E-state index is -0.0784. The van der Waals surface area contributed by atoms with Crippen LogP contribution in [0, 0.1) is 0 Å². The van der Waals surface area contributed by atoms with Gasteiger partial charge in [-0.15, -0.1) is 0 Å². The normalized spacial score (nSPS) is 16.7. The first-order valence-corrected chi connectivity index (χ1v) is 11.6. The van der Waals surface area contributed by atoms with Crippen LogP contribution in [0.3, 0.4) is 0 Å². The van der Waals surface area contributed by atoms with Gasteiger partial charge in [-0.3, -0.25) is 9.78 Å². The summed E-state index contributed by atoms with van der Waals surface area (Å²) in [5, 5.41) is 3.24. The molecule has 176 valence electrons. The highest BCUT2D eigenvalue weighted by Gasteiger charge is 2.31. The van der Waals surface area contributed by atoms with Crippen LogP contribution < -0.4 is 10.1 Å². The maximum Gasteiger partial charge on any atom is 0.257 e. The average molecular weight is 460 g/mol. The number of rotatable bonds is 5. The molecule has 2 aliphatic rings. The lowest BCUT2D eigenvalue weighted by Gasteiger charge is -2.27. The summed E-state index contributed by atoms with van der Waals surface area (Å²) >= 11 is 0. The second-order valence-electron chi connectivity index (χ2n) is 9.28. The van der Waals surface area contributed by atoms with Crippen molar-refractivity contribution < 1.29 is 14.3 Å². The summed E-state index contributed by atoms with van der Waals surface area (Å²) in [6.07, 6.45) is 5.72. The largest absolute Gasteiger partial charge is 0.494 e. The van der Waals surface area contributed by atoms with Crippen LogP contribution in [0.4, 0.5) is 11.6 Å². The maximum atomic E-state index is 13.1. The van der Waals surface area contributed by atoms with Crippen LogP contribution in [0.5, 0.6) is 5.75 Å². The Balaban J connectivity index is 1.43. The lowest BCUT2D eigenvalue weighted by atomic mass is 9.86. The van der Waals surface area contributed by atoms with Crippen LogP contribution in [0.25, 0.3) is 11.3 Å². The number of carbonyl (C=O) groups excluding carboxylic acids is 1. The van der Waals surface area contributed by atoms with E-state index in [2.05, 4.69) is 30.2 Å². The number of methoxy groups -OCH3 is 1. The second kappa shape index (κ2) is 9.02. The number of hydrogen-bond acceptors (Lipinski definition) is 7. The third-order valence-corrected chi connectivity index (χ3v) is 6.63. The van der Waals surface area contributed by atoms with Gasteiger partial charge in [-0.1, -0.05) is 19.9 Å². The summed E-state index contributed by atoms with van der Waals surface area (Å²) in [6.45, 7) is 6.74. The summed E-state index contributed by atoms with van der Waals surface area (Å²) in [4.78, 5) is 28.7. The third-order valence-electron chi connectivity index (χ3n) is 6.63. The van der Waals surface area contributed by atoms with Gasteiger partial charge in [0.1, 0.15) is 0 Å². The molecule has 0 bridgehead atoms. The number of carbonyl (C=O) groups is 1. The Morgan fingerprint density at radius 3 is 2.79 bits per heavy atom. The van der Waals surface area contributed by atoms with Crippen molar-refractivity contribution in [3.05, 3.63) is 59.5 Å². The zero-order valence-corrected chi connectivity index (χ0v) is 19.8. The van der Waals surface area contributed by atoms with E-state index in [1.807, 2.05) is 24.4 Å². The van der Waals surface area contributed by atoms with Crippen LogP contribution >= 0.6 is 0 Å². The van der Waals surface area contributed by atoms with Crippen molar-refractivity contribution in [3.63, 3.8) is 0 Å². The van der Waals surface area contributed by atoms with E-state index >= 15 is 0 Å². The Hall–Kier alpha value is -3.52. The molecule has 0 unspecified atom stereocenters. The number of amides is 1. The van der Waals surface area contributed by atoms with Crippen molar-refractivity contribution in [3.8, 4) is 17.0 Å². The quantitative estimate of drug-likeness (QED) is 0.617. The van der Waals surface area contributed by atoms with Gasteiger partial charge in [0.15, 0.2) is 5.75 Å². The number of fused-ring (bicyclic) bond motifs is 1. The molecular formula is C26H29N5O3. The van der Waals surface area contributed by atoms with Crippen molar-refractivity contribution in [1.82, 2.24) is 19.9 Å². The molecule has 0 saturated carbocycles. The Bertz CT molecular complexity index is 1220. The van der Waals surface area contributed by atoms with Gasteiger partial charge in [-0.2, -0.15) is 0 Å². The lowest BCUT2D eigenvalue weighted by molar-refractivity contribution is 0.0301. The fourth-order valence-corrected chi connectivity index (χ4v) is 4.64. The summed E-state index contributed by atoms with van der Waals surface area (Å²) in [5.41, 5.74) is 5.45. The minimum absolute atomic E-state index is 0.0784. The SMILES string of the molecule is COc1c(Nc2nccc(-c3cnc4c(c3)C(C)(C)CC4)n2)cccc1C(=O)N1CCOCC1. The number of ether oxygens (including phenoxy) is 2. The van der Waals surface area contributed by atoms with Crippen LogP contribution in [-0.4, -0.2) is 59.2 Å². The van der Waals surface area contributed by atoms with Crippen LogP contribution in [0.15, 0.2) is 42.7 Å². The number of nitrogens with zero attached hydrogens (tertiary/aromatic N) is 4. The van der Waals surface area contributed by atoms with E-state index in [0.717, 1.165) is 24.1 Å².